The van der Waals surface area contributed by atoms with Crippen LogP contribution in [0.1, 0.15) is 70.9 Å². The number of halogens is 2. The first-order valence-corrected chi connectivity index (χ1v) is 12.2. The summed E-state index contributed by atoms with van der Waals surface area (Å²) in [7, 11) is 1.88. The van der Waals surface area contributed by atoms with E-state index < -0.39 is 6.10 Å². The van der Waals surface area contributed by atoms with Crippen molar-refractivity contribution in [3.63, 3.8) is 0 Å². The van der Waals surface area contributed by atoms with Crippen LogP contribution in [0, 0.1) is 5.92 Å². The average molecular weight is 516 g/mol. The van der Waals surface area contributed by atoms with Crippen molar-refractivity contribution in [2.75, 3.05) is 5.32 Å². The zero-order chi connectivity index (χ0) is 26.3. The number of rotatable bonds is 8. The van der Waals surface area contributed by atoms with Gasteiger partial charge in [-0.25, -0.2) is 0 Å². The smallest absolute Gasteiger partial charge is 0.290 e. The Morgan fingerprint density at radius 2 is 1.79 bits per heavy atom. The number of benzene rings is 2. The number of alkyl halides is 1. The summed E-state index contributed by atoms with van der Waals surface area (Å²) < 4.78 is 18.2. The van der Waals surface area contributed by atoms with Gasteiger partial charge in [-0.1, -0.05) is 80.4 Å². The minimum absolute atomic E-state index is 0.0521. The zero-order valence-corrected chi connectivity index (χ0v) is 22.3. The van der Waals surface area contributed by atoms with Crippen LogP contribution < -0.4 is 10.1 Å². The van der Waals surface area contributed by atoms with E-state index in [0.29, 0.717) is 22.7 Å². The lowest BCUT2D eigenvalue weighted by molar-refractivity contribution is -0.123. The Balaban J connectivity index is 0.00000164. The topological polar surface area (TPSA) is 95.9 Å². The number of ether oxygens (including phenoxy) is 1. The van der Waals surface area contributed by atoms with Crippen LogP contribution in [-0.2, 0) is 9.59 Å². The molecule has 3 unspecified atom stereocenters. The van der Waals surface area contributed by atoms with Crippen molar-refractivity contribution in [3.05, 3.63) is 52.5 Å². The highest BCUT2D eigenvalue weighted by Gasteiger charge is 2.21. The molecule has 1 amide bonds. The third-order valence-corrected chi connectivity index (χ3v) is 5.09. The van der Waals surface area contributed by atoms with Gasteiger partial charge in [0, 0.05) is 28.6 Å². The number of anilines is 1. The van der Waals surface area contributed by atoms with Gasteiger partial charge in [0.2, 0.25) is 12.0 Å². The first-order chi connectivity index (χ1) is 16.1. The van der Waals surface area contributed by atoms with E-state index in [1.807, 2.05) is 30.0 Å². The van der Waals surface area contributed by atoms with E-state index in [0.717, 1.165) is 12.0 Å². The Morgan fingerprint density at radius 1 is 1.21 bits per heavy atom. The van der Waals surface area contributed by atoms with E-state index in [1.165, 1.54) is 12.5 Å². The van der Waals surface area contributed by atoms with Crippen molar-refractivity contribution in [1.82, 2.24) is 0 Å². The largest absolute Gasteiger partial charge is 0.504 e. The second kappa shape index (κ2) is 17.1. The van der Waals surface area contributed by atoms with Gasteiger partial charge in [0.15, 0.2) is 11.5 Å². The van der Waals surface area contributed by atoms with Crippen molar-refractivity contribution in [2.45, 2.75) is 65.9 Å². The fourth-order valence-corrected chi connectivity index (χ4v) is 3.27. The molecule has 0 saturated heterocycles. The molecule has 0 spiro atoms. The lowest BCUT2D eigenvalue weighted by Crippen LogP contribution is -2.16. The molecule has 0 aliphatic heterocycles. The predicted molar refractivity (Wildman–Crippen MR) is 140 cm³/mol. The molecular weight excluding hydrogens is 480 g/mol. The average Bonchev–Trinajstić information content (AvgIpc) is 2.76. The monoisotopic (exact) mass is 515 g/mol. The van der Waals surface area contributed by atoms with E-state index in [1.54, 1.807) is 30.3 Å². The number of phenolic OH excluding ortho intramolecular Hbond substituents is 1. The Labute approximate surface area is 209 Å². The number of phenols is 1. The van der Waals surface area contributed by atoms with Crippen LogP contribution in [0.5, 0.6) is 11.5 Å². The minimum Gasteiger partial charge on any atom is -0.504 e. The fraction of sp³-hybridized carbons (Fsp3) is 0.440. The van der Waals surface area contributed by atoms with Gasteiger partial charge in [0.05, 0.1) is 0 Å². The molecule has 190 valence electrons. The number of carboxylic acid groups (broad SMARTS) is 1. The second-order valence-electron chi connectivity index (χ2n) is 7.69. The SMILES string of the molecule is CCC.CCC(C)CC(=O)Nc1ccc(Cl)cc1[C@H](C)c1cccc(OC(F)P)c1O.O=CO. The molecule has 2 aromatic carbocycles. The number of aromatic hydroxyl groups is 1. The zero-order valence-electron chi connectivity index (χ0n) is 20.3. The number of carbonyl (C=O) groups is 2. The van der Waals surface area contributed by atoms with Gasteiger partial charge in [0.1, 0.15) is 0 Å². The van der Waals surface area contributed by atoms with Crippen LogP contribution in [0.15, 0.2) is 36.4 Å². The van der Waals surface area contributed by atoms with Crippen LogP contribution in [0.4, 0.5) is 10.1 Å². The van der Waals surface area contributed by atoms with E-state index in [9.17, 15) is 14.3 Å². The van der Waals surface area contributed by atoms with Crippen molar-refractivity contribution in [1.29, 1.82) is 0 Å². The van der Waals surface area contributed by atoms with Crippen molar-refractivity contribution in [3.8, 4) is 11.5 Å². The highest BCUT2D eigenvalue weighted by Crippen LogP contribution is 2.40. The standard InChI is InChI=1S/C21H26ClFNO3P.C3H8.CH2O2/c1-4-12(2)10-19(25)24-17-9-8-14(22)11-16(17)13(3)15-6-5-7-18(20(15)26)27-21(23)28;1-3-2;2-1-3/h5-9,11-13,21,26H,4,10,28H2,1-3H3,(H,24,25);3H2,1-2H3;1H,(H,2,3)/t12?,13-,21?;;/m1../s1. The van der Waals surface area contributed by atoms with Crippen molar-refractivity contribution in [2.24, 2.45) is 5.92 Å². The Morgan fingerprint density at radius 3 is 2.32 bits per heavy atom. The lowest BCUT2D eigenvalue weighted by atomic mass is 9.90. The van der Waals surface area contributed by atoms with E-state index in [-0.39, 0.29) is 35.7 Å². The third-order valence-electron chi connectivity index (χ3n) is 4.72. The molecule has 3 N–H and O–H groups in total. The van der Waals surface area contributed by atoms with Crippen molar-refractivity contribution >= 4 is 38.9 Å². The molecule has 0 saturated carbocycles. The van der Waals surface area contributed by atoms with Gasteiger partial charge in [-0.15, -0.1) is 0 Å². The highest BCUT2D eigenvalue weighted by molar-refractivity contribution is 7.16. The summed E-state index contributed by atoms with van der Waals surface area (Å²) in [5.41, 5.74) is 1.92. The maximum Gasteiger partial charge on any atom is 0.290 e. The molecule has 0 heterocycles. The molecule has 9 heteroatoms. The summed E-state index contributed by atoms with van der Waals surface area (Å²) in [4.78, 5) is 20.7. The summed E-state index contributed by atoms with van der Waals surface area (Å²) in [6.45, 7) is 9.95. The van der Waals surface area contributed by atoms with Crippen LogP contribution in [0.2, 0.25) is 5.02 Å². The number of carbonyl (C=O) groups excluding carboxylic acids is 1. The number of nitrogens with one attached hydrogen (secondary N) is 1. The van der Waals surface area contributed by atoms with Gasteiger partial charge in [-0.3, -0.25) is 9.59 Å². The van der Waals surface area contributed by atoms with Gasteiger partial charge < -0.3 is 20.3 Å². The van der Waals surface area contributed by atoms with Crippen molar-refractivity contribution < 1.29 is 28.9 Å². The van der Waals surface area contributed by atoms with Crippen LogP contribution in [0.25, 0.3) is 0 Å². The summed E-state index contributed by atoms with van der Waals surface area (Å²) >= 11 is 6.18. The maximum absolute atomic E-state index is 13.2. The minimum atomic E-state index is -1.63. The molecule has 0 aliphatic rings. The molecule has 0 bridgehead atoms. The maximum atomic E-state index is 13.2. The van der Waals surface area contributed by atoms with Gasteiger partial charge in [-0.2, -0.15) is 4.39 Å². The molecule has 6 nitrogen and oxygen atoms in total. The molecular formula is C25H36ClFNO5P. The summed E-state index contributed by atoms with van der Waals surface area (Å²) in [6.07, 6.45) is 0.967. The molecule has 34 heavy (non-hydrogen) atoms. The first kappa shape index (κ1) is 31.6. The van der Waals surface area contributed by atoms with Crippen LogP contribution in [0.3, 0.4) is 0 Å². The second-order valence-corrected chi connectivity index (χ2v) is 8.66. The quantitative estimate of drug-likeness (QED) is 0.255. The number of para-hydroxylation sites is 1. The third kappa shape index (κ3) is 11.2. The Kier molecular flexibility index (Phi) is 15.9. The normalized spacial score (nSPS) is 12.6. The molecule has 4 atom stereocenters. The van der Waals surface area contributed by atoms with Gasteiger partial charge in [0.25, 0.3) is 6.47 Å². The first-order valence-electron chi connectivity index (χ1n) is 11.1. The summed E-state index contributed by atoms with van der Waals surface area (Å²) in [6, 6.07) is 10.1. The molecule has 0 aliphatic carbocycles. The number of hydrogen-bond acceptors (Lipinski definition) is 4. The van der Waals surface area contributed by atoms with Crippen LogP contribution >= 0.6 is 20.8 Å². The Bertz CT molecular complexity index is 898. The van der Waals surface area contributed by atoms with Gasteiger partial charge >= 0.3 is 0 Å². The van der Waals surface area contributed by atoms with Crippen LogP contribution in [-0.4, -0.2) is 28.7 Å². The number of hydrogen-bond donors (Lipinski definition) is 3. The summed E-state index contributed by atoms with van der Waals surface area (Å²) in [5.74, 6) is -0.196. The molecule has 2 aromatic rings. The fourth-order valence-electron chi connectivity index (χ4n) is 2.94. The molecule has 0 radical (unpaired) electrons. The van der Waals surface area contributed by atoms with E-state index >= 15 is 0 Å². The Hall–Kier alpha value is -2.37. The molecule has 0 aromatic heterocycles. The lowest BCUT2D eigenvalue weighted by Gasteiger charge is -2.21. The summed E-state index contributed by atoms with van der Waals surface area (Å²) in [5, 5.41) is 20.9. The molecule has 0 fully saturated rings. The molecule has 2 rings (SSSR count). The van der Waals surface area contributed by atoms with E-state index in [2.05, 4.69) is 19.2 Å². The van der Waals surface area contributed by atoms with E-state index in [4.69, 9.17) is 26.2 Å². The highest BCUT2D eigenvalue weighted by atomic mass is 35.5. The van der Waals surface area contributed by atoms with Gasteiger partial charge in [-0.05, 0) is 35.7 Å². The number of amides is 1. The predicted octanol–water partition coefficient (Wildman–Crippen LogP) is 7.20.